The fourth-order valence-electron chi connectivity index (χ4n) is 3.38. The molecule has 1 N–H and O–H groups in total. The van der Waals surface area contributed by atoms with Crippen molar-refractivity contribution < 1.29 is 28.7 Å². The van der Waals surface area contributed by atoms with Crippen LogP contribution in [0.1, 0.15) is 32.6 Å². The Labute approximate surface area is 173 Å². The van der Waals surface area contributed by atoms with Gasteiger partial charge in [0.15, 0.2) is 6.61 Å². The third kappa shape index (κ3) is 5.29. The molecule has 0 aliphatic carbocycles. The number of esters is 2. The number of thioether (sulfide) groups is 1. The summed E-state index contributed by atoms with van der Waals surface area (Å²) in [5.74, 6) is -1.76. The molecule has 1 saturated heterocycles. The van der Waals surface area contributed by atoms with Crippen LogP contribution < -0.4 is 5.32 Å². The Morgan fingerprint density at radius 3 is 2.79 bits per heavy atom. The highest BCUT2D eigenvalue weighted by atomic mass is 32.2. The first-order valence-corrected chi connectivity index (χ1v) is 10.6. The molecular weight excluding hydrogens is 396 g/mol. The highest BCUT2D eigenvalue weighted by molar-refractivity contribution is 8.01. The number of piperidine rings is 1. The smallest absolute Gasteiger partial charge is 0.328 e. The average Bonchev–Trinajstić information content (AvgIpc) is 2.72. The van der Waals surface area contributed by atoms with Gasteiger partial charge in [0.25, 0.3) is 5.91 Å². The summed E-state index contributed by atoms with van der Waals surface area (Å²) in [5.41, 5.74) is 0.720. The van der Waals surface area contributed by atoms with Crippen LogP contribution in [0.25, 0.3) is 0 Å². The lowest BCUT2D eigenvalue weighted by molar-refractivity contribution is -0.161. The number of nitrogens with zero attached hydrogens (tertiary/aromatic N) is 1. The van der Waals surface area contributed by atoms with Gasteiger partial charge in [0.1, 0.15) is 6.04 Å². The zero-order chi connectivity index (χ0) is 20.8. The number of para-hydroxylation sites is 1. The third-order valence-electron chi connectivity index (χ3n) is 4.80. The summed E-state index contributed by atoms with van der Waals surface area (Å²) in [6, 6.07) is 6.71. The fourth-order valence-corrected chi connectivity index (χ4v) is 4.47. The predicted octanol–water partition coefficient (Wildman–Crippen LogP) is 1.98. The SMILES string of the molecule is CCOC(=O)[C@@H]1CCCCN1C(=O)COC(=O)C[C@@H]1Sc2ccccc2NC1=O. The topological polar surface area (TPSA) is 102 Å². The quantitative estimate of drug-likeness (QED) is 0.702. The van der Waals surface area contributed by atoms with Gasteiger partial charge in [0, 0.05) is 11.4 Å². The van der Waals surface area contributed by atoms with E-state index in [4.69, 9.17) is 9.47 Å². The maximum absolute atomic E-state index is 12.5. The average molecular weight is 420 g/mol. The number of hydrogen-bond donors (Lipinski definition) is 1. The second-order valence-electron chi connectivity index (χ2n) is 6.81. The Morgan fingerprint density at radius 2 is 2.00 bits per heavy atom. The van der Waals surface area contributed by atoms with Gasteiger partial charge in [-0.25, -0.2) is 4.79 Å². The van der Waals surface area contributed by atoms with E-state index in [9.17, 15) is 19.2 Å². The number of carbonyl (C=O) groups is 4. The van der Waals surface area contributed by atoms with Crippen molar-refractivity contribution in [1.29, 1.82) is 0 Å². The first-order chi connectivity index (χ1) is 14.0. The second-order valence-corrected chi connectivity index (χ2v) is 8.05. The molecule has 2 aliphatic heterocycles. The van der Waals surface area contributed by atoms with Crippen LogP contribution in [0.2, 0.25) is 0 Å². The number of ether oxygens (including phenoxy) is 2. The van der Waals surface area contributed by atoms with Crippen molar-refractivity contribution in [2.24, 2.45) is 0 Å². The minimum atomic E-state index is -0.633. The molecule has 0 saturated carbocycles. The van der Waals surface area contributed by atoms with Gasteiger partial charge in [-0.3, -0.25) is 14.4 Å². The van der Waals surface area contributed by atoms with Gasteiger partial charge in [-0.15, -0.1) is 11.8 Å². The lowest BCUT2D eigenvalue weighted by atomic mass is 10.0. The Hall–Kier alpha value is -2.55. The summed E-state index contributed by atoms with van der Waals surface area (Å²) >= 11 is 1.30. The normalized spacial score (nSPS) is 21.0. The van der Waals surface area contributed by atoms with Gasteiger partial charge in [0.05, 0.1) is 24.0 Å². The minimum absolute atomic E-state index is 0.139. The summed E-state index contributed by atoms with van der Waals surface area (Å²) in [7, 11) is 0. The lowest BCUT2D eigenvalue weighted by Gasteiger charge is -2.33. The van der Waals surface area contributed by atoms with Crippen molar-refractivity contribution in [3.8, 4) is 0 Å². The highest BCUT2D eigenvalue weighted by Crippen LogP contribution is 2.36. The van der Waals surface area contributed by atoms with Crippen LogP contribution >= 0.6 is 11.8 Å². The third-order valence-corrected chi connectivity index (χ3v) is 6.07. The Balaban J connectivity index is 1.51. The Morgan fingerprint density at radius 1 is 1.21 bits per heavy atom. The van der Waals surface area contributed by atoms with Crippen LogP contribution in [-0.2, 0) is 28.7 Å². The van der Waals surface area contributed by atoms with Crippen molar-refractivity contribution in [1.82, 2.24) is 4.90 Å². The number of nitrogens with one attached hydrogen (secondary N) is 1. The molecule has 9 heteroatoms. The number of carbonyl (C=O) groups excluding carboxylic acids is 4. The van der Waals surface area contributed by atoms with Crippen molar-refractivity contribution >= 4 is 41.2 Å². The largest absolute Gasteiger partial charge is 0.464 e. The van der Waals surface area contributed by atoms with Crippen LogP contribution in [0.15, 0.2) is 29.2 Å². The molecule has 0 bridgehead atoms. The van der Waals surface area contributed by atoms with Crippen LogP contribution in [0.5, 0.6) is 0 Å². The van der Waals surface area contributed by atoms with E-state index in [2.05, 4.69) is 5.32 Å². The number of anilines is 1. The van der Waals surface area contributed by atoms with Crippen LogP contribution in [0.4, 0.5) is 5.69 Å². The summed E-state index contributed by atoms with van der Waals surface area (Å²) in [6.07, 6.45) is 2.02. The Kier molecular flexibility index (Phi) is 7.13. The molecule has 2 heterocycles. The van der Waals surface area contributed by atoms with Crippen molar-refractivity contribution in [3.63, 3.8) is 0 Å². The van der Waals surface area contributed by atoms with Gasteiger partial charge in [0.2, 0.25) is 5.91 Å². The minimum Gasteiger partial charge on any atom is -0.464 e. The van der Waals surface area contributed by atoms with Gasteiger partial charge >= 0.3 is 11.9 Å². The van der Waals surface area contributed by atoms with Gasteiger partial charge in [-0.1, -0.05) is 12.1 Å². The van der Waals surface area contributed by atoms with E-state index in [0.29, 0.717) is 13.0 Å². The molecule has 2 aliphatic rings. The number of rotatable bonds is 6. The first kappa shape index (κ1) is 21.2. The zero-order valence-electron chi connectivity index (χ0n) is 16.2. The molecule has 3 rings (SSSR count). The summed E-state index contributed by atoms with van der Waals surface area (Å²) in [6.45, 7) is 1.94. The van der Waals surface area contributed by atoms with Gasteiger partial charge < -0.3 is 19.7 Å². The zero-order valence-corrected chi connectivity index (χ0v) is 17.0. The van der Waals surface area contributed by atoms with Crippen molar-refractivity contribution in [2.45, 2.75) is 48.8 Å². The lowest BCUT2D eigenvalue weighted by Crippen LogP contribution is -2.50. The maximum atomic E-state index is 12.5. The Bertz CT molecular complexity index is 799. The predicted molar refractivity (Wildman–Crippen MR) is 106 cm³/mol. The summed E-state index contributed by atoms with van der Waals surface area (Å²) < 4.78 is 10.1. The number of hydrogen-bond acceptors (Lipinski definition) is 7. The summed E-state index contributed by atoms with van der Waals surface area (Å²) in [5, 5.41) is 2.15. The van der Waals surface area contributed by atoms with E-state index in [0.717, 1.165) is 23.4 Å². The van der Waals surface area contributed by atoms with E-state index in [1.165, 1.54) is 16.7 Å². The molecule has 1 aromatic rings. The molecule has 0 aromatic heterocycles. The first-order valence-electron chi connectivity index (χ1n) is 9.68. The molecule has 2 atom stereocenters. The molecular formula is C20H24N2O6S. The monoisotopic (exact) mass is 420 g/mol. The molecule has 0 spiro atoms. The molecule has 29 heavy (non-hydrogen) atoms. The summed E-state index contributed by atoms with van der Waals surface area (Å²) in [4.78, 5) is 51.3. The number of fused-ring (bicyclic) bond motifs is 1. The molecule has 0 radical (unpaired) electrons. The van der Waals surface area contributed by atoms with E-state index in [1.807, 2.05) is 18.2 Å². The fraction of sp³-hybridized carbons (Fsp3) is 0.500. The molecule has 1 fully saturated rings. The second kappa shape index (κ2) is 9.78. The van der Waals surface area contributed by atoms with Crippen LogP contribution in [-0.4, -0.2) is 59.7 Å². The molecule has 8 nitrogen and oxygen atoms in total. The number of likely N-dealkylation sites (tertiary alicyclic amines) is 1. The van der Waals surface area contributed by atoms with Crippen LogP contribution in [0, 0.1) is 0 Å². The number of benzene rings is 1. The molecule has 0 unspecified atom stereocenters. The van der Waals surface area contributed by atoms with E-state index < -0.39 is 35.7 Å². The number of amides is 2. The van der Waals surface area contributed by atoms with E-state index >= 15 is 0 Å². The molecule has 1 aromatic carbocycles. The highest BCUT2D eigenvalue weighted by Gasteiger charge is 2.34. The molecule has 156 valence electrons. The van der Waals surface area contributed by atoms with E-state index in [-0.39, 0.29) is 18.9 Å². The standard InChI is InChI=1S/C20H24N2O6S/c1-2-27-20(26)14-8-5-6-10-22(14)17(23)12-28-18(24)11-16-19(25)21-13-7-3-4-9-15(13)29-16/h3-4,7,9,14,16H,2,5-6,8,10-12H2,1H3,(H,21,25)/t14-,16-/m0/s1. The molecule has 2 amide bonds. The van der Waals surface area contributed by atoms with Crippen molar-refractivity contribution in [3.05, 3.63) is 24.3 Å². The van der Waals surface area contributed by atoms with Gasteiger partial charge in [-0.2, -0.15) is 0 Å². The van der Waals surface area contributed by atoms with E-state index in [1.54, 1.807) is 13.0 Å². The van der Waals surface area contributed by atoms with Gasteiger partial charge in [-0.05, 0) is 38.3 Å². The van der Waals surface area contributed by atoms with Crippen LogP contribution in [0.3, 0.4) is 0 Å². The van der Waals surface area contributed by atoms with Crippen molar-refractivity contribution in [2.75, 3.05) is 25.1 Å². The maximum Gasteiger partial charge on any atom is 0.328 e.